The van der Waals surface area contributed by atoms with Crippen molar-refractivity contribution in [2.45, 2.75) is 72.3 Å². The van der Waals surface area contributed by atoms with Crippen LogP contribution in [0.3, 0.4) is 0 Å². The molecular weight excluding hydrogens is 230 g/mol. The Labute approximate surface area is 120 Å². The summed E-state index contributed by atoms with van der Waals surface area (Å²) in [5.41, 5.74) is 3.16. The van der Waals surface area contributed by atoms with Gasteiger partial charge >= 0.3 is 0 Å². The third-order valence-corrected chi connectivity index (χ3v) is 4.54. The fourth-order valence-corrected chi connectivity index (χ4v) is 2.64. The first-order valence-electron chi connectivity index (χ1n) is 7.85. The molecule has 0 bridgehead atoms. The quantitative estimate of drug-likeness (QED) is 0.636. The third kappa shape index (κ3) is 3.75. The monoisotopic (exact) mass is 261 g/mol. The van der Waals surface area contributed by atoms with Gasteiger partial charge in [-0.05, 0) is 56.2 Å². The van der Waals surface area contributed by atoms with E-state index >= 15 is 0 Å². The maximum atomic E-state index is 2.49. The first kappa shape index (κ1) is 16.1. The Kier molecular flexibility index (Phi) is 5.90. The van der Waals surface area contributed by atoms with E-state index < -0.39 is 0 Å². The summed E-state index contributed by atoms with van der Waals surface area (Å²) < 4.78 is 0. The van der Waals surface area contributed by atoms with Gasteiger partial charge in [0.15, 0.2) is 0 Å². The number of anilines is 1. The lowest BCUT2D eigenvalue weighted by Gasteiger charge is -2.31. The number of hydrogen-bond donors (Lipinski definition) is 0. The summed E-state index contributed by atoms with van der Waals surface area (Å²) in [7, 11) is 0. The molecular formula is C18H31N. The molecule has 0 radical (unpaired) electrons. The molecule has 19 heavy (non-hydrogen) atoms. The fourth-order valence-electron chi connectivity index (χ4n) is 2.64. The van der Waals surface area contributed by atoms with Crippen molar-refractivity contribution in [2.24, 2.45) is 0 Å². The first-order chi connectivity index (χ1) is 8.98. The second kappa shape index (κ2) is 6.98. The van der Waals surface area contributed by atoms with Crippen molar-refractivity contribution in [2.75, 3.05) is 11.4 Å². The van der Waals surface area contributed by atoms with Crippen LogP contribution in [0.4, 0.5) is 5.69 Å². The Hall–Kier alpha value is -0.980. The lowest BCUT2D eigenvalue weighted by Crippen LogP contribution is -2.31. The molecule has 0 saturated carbocycles. The summed E-state index contributed by atoms with van der Waals surface area (Å²) in [6.45, 7) is 14.9. The van der Waals surface area contributed by atoms with Crippen LogP contribution in [0.5, 0.6) is 0 Å². The SMILES string of the molecule is CCCN(c1ccc(C(C)(CC)CC)cc1)C(C)C. The zero-order chi connectivity index (χ0) is 14.5. The van der Waals surface area contributed by atoms with Crippen molar-refractivity contribution in [3.8, 4) is 0 Å². The largest absolute Gasteiger partial charge is 0.369 e. The summed E-state index contributed by atoms with van der Waals surface area (Å²) in [6, 6.07) is 9.82. The van der Waals surface area contributed by atoms with E-state index in [1.54, 1.807) is 0 Å². The number of hydrogen-bond acceptors (Lipinski definition) is 1. The zero-order valence-corrected chi connectivity index (χ0v) is 13.7. The molecule has 1 rings (SSSR count). The number of benzene rings is 1. The fraction of sp³-hybridized carbons (Fsp3) is 0.667. The van der Waals surface area contributed by atoms with E-state index in [9.17, 15) is 0 Å². The molecule has 0 aliphatic carbocycles. The minimum absolute atomic E-state index is 0.325. The van der Waals surface area contributed by atoms with Crippen LogP contribution in [0, 0.1) is 0 Å². The van der Waals surface area contributed by atoms with E-state index in [2.05, 4.69) is 70.7 Å². The highest BCUT2D eigenvalue weighted by atomic mass is 15.1. The maximum Gasteiger partial charge on any atom is 0.0368 e. The molecule has 0 aliphatic heterocycles. The van der Waals surface area contributed by atoms with E-state index in [1.165, 1.54) is 30.5 Å². The van der Waals surface area contributed by atoms with E-state index in [0.717, 1.165) is 6.54 Å². The minimum Gasteiger partial charge on any atom is -0.369 e. The van der Waals surface area contributed by atoms with Crippen LogP contribution in [-0.2, 0) is 5.41 Å². The molecule has 1 aromatic rings. The van der Waals surface area contributed by atoms with Crippen molar-refractivity contribution in [1.82, 2.24) is 0 Å². The van der Waals surface area contributed by atoms with E-state index in [4.69, 9.17) is 0 Å². The summed E-state index contributed by atoms with van der Waals surface area (Å²) in [5, 5.41) is 0. The van der Waals surface area contributed by atoms with Gasteiger partial charge in [-0.25, -0.2) is 0 Å². The van der Waals surface area contributed by atoms with Crippen molar-refractivity contribution in [1.29, 1.82) is 0 Å². The van der Waals surface area contributed by atoms with Crippen LogP contribution in [0.25, 0.3) is 0 Å². The standard InChI is InChI=1S/C18H31N/c1-7-14-19(15(4)5)17-12-10-16(11-13-17)18(6,8-2)9-3/h10-13,15H,7-9,14H2,1-6H3. The Morgan fingerprint density at radius 1 is 1.00 bits per heavy atom. The predicted molar refractivity (Wildman–Crippen MR) is 87.1 cm³/mol. The van der Waals surface area contributed by atoms with E-state index in [0.29, 0.717) is 11.5 Å². The molecule has 1 nitrogen and oxygen atoms in total. The Morgan fingerprint density at radius 2 is 1.53 bits per heavy atom. The van der Waals surface area contributed by atoms with Gasteiger partial charge in [-0.2, -0.15) is 0 Å². The van der Waals surface area contributed by atoms with Gasteiger partial charge in [0.05, 0.1) is 0 Å². The highest BCUT2D eigenvalue weighted by Gasteiger charge is 2.22. The number of nitrogens with zero attached hydrogens (tertiary/aromatic N) is 1. The summed E-state index contributed by atoms with van der Waals surface area (Å²) in [6.07, 6.45) is 3.60. The summed E-state index contributed by atoms with van der Waals surface area (Å²) in [5.74, 6) is 0. The second-order valence-corrected chi connectivity index (χ2v) is 6.10. The predicted octanol–water partition coefficient (Wildman–Crippen LogP) is 5.39. The average molecular weight is 261 g/mol. The summed E-state index contributed by atoms with van der Waals surface area (Å²) in [4.78, 5) is 2.49. The van der Waals surface area contributed by atoms with Crippen molar-refractivity contribution in [3.63, 3.8) is 0 Å². The van der Waals surface area contributed by atoms with Crippen molar-refractivity contribution in [3.05, 3.63) is 29.8 Å². The molecule has 0 saturated heterocycles. The molecule has 0 unspecified atom stereocenters. The van der Waals surface area contributed by atoms with Crippen molar-refractivity contribution < 1.29 is 0 Å². The molecule has 0 spiro atoms. The van der Waals surface area contributed by atoms with Crippen LogP contribution in [-0.4, -0.2) is 12.6 Å². The highest BCUT2D eigenvalue weighted by molar-refractivity contribution is 5.49. The average Bonchev–Trinajstić information content (AvgIpc) is 2.44. The van der Waals surface area contributed by atoms with Crippen LogP contribution in [0.1, 0.15) is 66.4 Å². The van der Waals surface area contributed by atoms with Gasteiger partial charge in [-0.3, -0.25) is 0 Å². The molecule has 1 heteroatoms. The van der Waals surface area contributed by atoms with E-state index in [-0.39, 0.29) is 0 Å². The van der Waals surface area contributed by atoms with Crippen LogP contribution < -0.4 is 4.90 Å². The Bertz CT molecular complexity index is 360. The van der Waals surface area contributed by atoms with Crippen LogP contribution >= 0.6 is 0 Å². The second-order valence-electron chi connectivity index (χ2n) is 6.10. The highest BCUT2D eigenvalue weighted by Crippen LogP contribution is 2.32. The van der Waals surface area contributed by atoms with Gasteiger partial charge < -0.3 is 4.90 Å². The Balaban J connectivity index is 2.97. The van der Waals surface area contributed by atoms with Gasteiger partial charge in [0.1, 0.15) is 0 Å². The molecule has 0 N–H and O–H groups in total. The molecule has 0 fully saturated rings. The van der Waals surface area contributed by atoms with E-state index in [1.807, 2.05) is 0 Å². The maximum absolute atomic E-state index is 2.49. The van der Waals surface area contributed by atoms with Gasteiger partial charge in [0.2, 0.25) is 0 Å². The first-order valence-corrected chi connectivity index (χ1v) is 7.85. The summed E-state index contributed by atoms with van der Waals surface area (Å²) >= 11 is 0. The van der Waals surface area contributed by atoms with Gasteiger partial charge in [-0.15, -0.1) is 0 Å². The molecule has 0 heterocycles. The smallest absolute Gasteiger partial charge is 0.0368 e. The molecule has 108 valence electrons. The van der Waals surface area contributed by atoms with Crippen LogP contribution in [0.2, 0.25) is 0 Å². The lowest BCUT2D eigenvalue weighted by molar-refractivity contribution is 0.439. The lowest BCUT2D eigenvalue weighted by atomic mass is 9.78. The Morgan fingerprint density at radius 3 is 1.89 bits per heavy atom. The van der Waals surface area contributed by atoms with Gasteiger partial charge in [0, 0.05) is 18.3 Å². The van der Waals surface area contributed by atoms with Crippen LogP contribution in [0.15, 0.2) is 24.3 Å². The zero-order valence-electron chi connectivity index (χ0n) is 13.7. The van der Waals surface area contributed by atoms with Crippen molar-refractivity contribution >= 4 is 5.69 Å². The molecule has 0 aromatic heterocycles. The molecule has 0 aliphatic rings. The molecule has 0 amide bonds. The van der Waals surface area contributed by atoms with Gasteiger partial charge in [-0.1, -0.05) is 39.8 Å². The molecule has 1 aromatic carbocycles. The minimum atomic E-state index is 0.325. The topological polar surface area (TPSA) is 3.24 Å². The number of rotatable bonds is 7. The third-order valence-electron chi connectivity index (χ3n) is 4.54. The van der Waals surface area contributed by atoms with Gasteiger partial charge in [0.25, 0.3) is 0 Å². The molecule has 0 atom stereocenters. The normalized spacial score (nSPS) is 11.9.